The molecule has 0 spiro atoms. The molecule has 12 heavy (non-hydrogen) atoms. The van der Waals surface area contributed by atoms with Crippen molar-refractivity contribution in [1.82, 2.24) is 14.9 Å². The van der Waals surface area contributed by atoms with Gasteiger partial charge in [-0.05, 0) is 0 Å². The first-order valence-corrected chi connectivity index (χ1v) is 3.38. The van der Waals surface area contributed by atoms with Crippen molar-refractivity contribution in [2.75, 3.05) is 14.1 Å². The van der Waals surface area contributed by atoms with Crippen molar-refractivity contribution in [2.24, 2.45) is 4.99 Å². The number of nitriles is 1. The summed E-state index contributed by atoms with van der Waals surface area (Å²) in [6, 6.07) is 1.95. The van der Waals surface area contributed by atoms with E-state index < -0.39 is 0 Å². The van der Waals surface area contributed by atoms with Gasteiger partial charge >= 0.3 is 0 Å². The standard InChI is InChI=1S/C7H9N5/c1-12(2)5-11-7-6(3-8)9-4-10-7/h4-5H,1-2H3,(H,9,10)/b11-5+. The van der Waals surface area contributed by atoms with Crippen molar-refractivity contribution in [3.05, 3.63) is 12.0 Å². The average molecular weight is 163 g/mol. The Morgan fingerprint density at radius 3 is 3.08 bits per heavy atom. The first kappa shape index (κ1) is 8.27. The van der Waals surface area contributed by atoms with Gasteiger partial charge < -0.3 is 9.88 Å². The van der Waals surface area contributed by atoms with Crippen LogP contribution in [0.25, 0.3) is 0 Å². The lowest BCUT2D eigenvalue weighted by atomic mass is 10.5. The first-order chi connectivity index (χ1) is 5.74. The number of imidazole rings is 1. The fraction of sp³-hybridized carbons (Fsp3) is 0.286. The van der Waals surface area contributed by atoms with Gasteiger partial charge in [-0.25, -0.2) is 9.98 Å². The van der Waals surface area contributed by atoms with Gasteiger partial charge in [0.15, 0.2) is 11.5 Å². The van der Waals surface area contributed by atoms with E-state index in [1.807, 2.05) is 20.2 Å². The topological polar surface area (TPSA) is 68.1 Å². The maximum Gasteiger partial charge on any atom is 0.189 e. The number of nitrogens with one attached hydrogen (secondary N) is 1. The molecule has 5 nitrogen and oxygen atoms in total. The van der Waals surface area contributed by atoms with E-state index in [4.69, 9.17) is 5.26 Å². The zero-order valence-electron chi connectivity index (χ0n) is 6.94. The summed E-state index contributed by atoms with van der Waals surface area (Å²) in [7, 11) is 3.70. The van der Waals surface area contributed by atoms with Crippen LogP contribution in [0.2, 0.25) is 0 Å². The maximum atomic E-state index is 8.56. The van der Waals surface area contributed by atoms with Crippen LogP contribution < -0.4 is 0 Å². The van der Waals surface area contributed by atoms with Gasteiger partial charge in [0.1, 0.15) is 6.07 Å². The highest BCUT2D eigenvalue weighted by molar-refractivity contribution is 5.61. The third-order valence-electron chi connectivity index (χ3n) is 1.14. The van der Waals surface area contributed by atoms with Crippen molar-refractivity contribution >= 4 is 12.2 Å². The van der Waals surface area contributed by atoms with Crippen LogP contribution in [-0.4, -0.2) is 35.3 Å². The Morgan fingerprint density at radius 1 is 1.75 bits per heavy atom. The average Bonchev–Trinajstić information content (AvgIpc) is 2.47. The molecule has 0 saturated carbocycles. The van der Waals surface area contributed by atoms with Gasteiger partial charge in [-0.15, -0.1) is 0 Å². The molecular weight excluding hydrogens is 154 g/mol. The Bertz CT molecular complexity index is 317. The number of nitrogens with zero attached hydrogens (tertiary/aromatic N) is 4. The summed E-state index contributed by atoms with van der Waals surface area (Å²) in [5.41, 5.74) is 0.383. The number of hydrogen-bond donors (Lipinski definition) is 1. The van der Waals surface area contributed by atoms with Crippen LogP contribution in [0.5, 0.6) is 0 Å². The van der Waals surface area contributed by atoms with E-state index >= 15 is 0 Å². The number of hydrogen-bond acceptors (Lipinski definition) is 3. The minimum absolute atomic E-state index is 0.383. The van der Waals surface area contributed by atoms with Gasteiger partial charge in [0.2, 0.25) is 0 Å². The van der Waals surface area contributed by atoms with E-state index in [1.165, 1.54) is 6.33 Å². The summed E-state index contributed by atoms with van der Waals surface area (Å²) < 4.78 is 0. The molecule has 0 bridgehead atoms. The Balaban J connectivity index is 2.83. The summed E-state index contributed by atoms with van der Waals surface area (Å²) in [6.45, 7) is 0. The highest BCUT2D eigenvalue weighted by Gasteiger charge is 2.00. The van der Waals surface area contributed by atoms with Crippen LogP contribution in [0.15, 0.2) is 11.3 Å². The molecule has 1 N–H and O–H groups in total. The lowest BCUT2D eigenvalue weighted by molar-refractivity contribution is 0.643. The van der Waals surface area contributed by atoms with E-state index in [0.717, 1.165) is 0 Å². The van der Waals surface area contributed by atoms with Crippen LogP contribution in [0.3, 0.4) is 0 Å². The van der Waals surface area contributed by atoms with Crippen molar-refractivity contribution in [1.29, 1.82) is 5.26 Å². The van der Waals surface area contributed by atoms with Gasteiger partial charge in [0, 0.05) is 14.1 Å². The fourth-order valence-corrected chi connectivity index (χ4v) is 0.637. The van der Waals surface area contributed by atoms with E-state index in [2.05, 4.69) is 15.0 Å². The van der Waals surface area contributed by atoms with Gasteiger partial charge in [0.25, 0.3) is 0 Å². The van der Waals surface area contributed by atoms with Crippen LogP contribution in [0.4, 0.5) is 5.82 Å². The predicted molar refractivity (Wildman–Crippen MR) is 45.1 cm³/mol. The molecule has 0 atom stereocenters. The van der Waals surface area contributed by atoms with Crippen molar-refractivity contribution in [3.63, 3.8) is 0 Å². The Kier molecular flexibility index (Phi) is 2.43. The Labute approximate surface area is 70.4 Å². The van der Waals surface area contributed by atoms with E-state index in [9.17, 15) is 0 Å². The summed E-state index contributed by atoms with van der Waals surface area (Å²) in [5, 5.41) is 8.56. The number of rotatable bonds is 2. The molecule has 0 fully saturated rings. The second-order valence-electron chi connectivity index (χ2n) is 2.42. The molecule has 5 heteroatoms. The first-order valence-electron chi connectivity index (χ1n) is 3.38. The zero-order chi connectivity index (χ0) is 8.97. The van der Waals surface area contributed by atoms with Gasteiger partial charge in [-0.1, -0.05) is 0 Å². The molecular formula is C7H9N5. The molecule has 0 amide bonds. The summed E-state index contributed by atoms with van der Waals surface area (Å²) in [4.78, 5) is 12.3. The molecule has 0 unspecified atom stereocenters. The quantitative estimate of drug-likeness (QED) is 0.510. The molecule has 0 aliphatic rings. The van der Waals surface area contributed by atoms with Gasteiger partial charge in [-0.3, -0.25) is 0 Å². The number of aromatic nitrogens is 2. The summed E-state index contributed by atoms with van der Waals surface area (Å²) in [5.74, 6) is 0.422. The minimum atomic E-state index is 0.383. The molecule has 62 valence electrons. The number of H-pyrrole nitrogens is 1. The van der Waals surface area contributed by atoms with Gasteiger partial charge in [-0.2, -0.15) is 5.26 Å². The molecule has 0 radical (unpaired) electrons. The van der Waals surface area contributed by atoms with Crippen LogP contribution >= 0.6 is 0 Å². The second kappa shape index (κ2) is 3.53. The van der Waals surface area contributed by atoms with E-state index in [-0.39, 0.29) is 0 Å². The molecule has 1 rings (SSSR count). The molecule has 0 saturated heterocycles. The molecule has 1 aromatic heterocycles. The highest BCUT2D eigenvalue weighted by Crippen LogP contribution is 2.10. The normalized spacial score (nSPS) is 10.1. The minimum Gasteiger partial charge on any atom is -0.369 e. The van der Waals surface area contributed by atoms with E-state index in [1.54, 1.807) is 11.2 Å². The highest BCUT2D eigenvalue weighted by atomic mass is 15.1. The van der Waals surface area contributed by atoms with E-state index in [0.29, 0.717) is 11.5 Å². The predicted octanol–water partition coefficient (Wildman–Crippen LogP) is 0.503. The summed E-state index contributed by atoms with van der Waals surface area (Å²) in [6.07, 6.45) is 3.04. The molecule has 0 aliphatic carbocycles. The Hall–Kier alpha value is -1.83. The van der Waals surface area contributed by atoms with Crippen molar-refractivity contribution in [3.8, 4) is 6.07 Å². The summed E-state index contributed by atoms with van der Waals surface area (Å²) >= 11 is 0. The molecule has 1 aromatic rings. The SMILES string of the molecule is CN(C)/C=N/c1nc[nH]c1C#N. The van der Waals surface area contributed by atoms with Crippen LogP contribution in [0, 0.1) is 11.3 Å². The maximum absolute atomic E-state index is 8.56. The second-order valence-corrected chi connectivity index (χ2v) is 2.42. The zero-order valence-corrected chi connectivity index (χ0v) is 6.94. The molecule has 0 aromatic carbocycles. The number of aliphatic imine (C=N–C) groups is 1. The monoisotopic (exact) mass is 163 g/mol. The van der Waals surface area contributed by atoms with Crippen LogP contribution in [-0.2, 0) is 0 Å². The van der Waals surface area contributed by atoms with Gasteiger partial charge in [0.05, 0.1) is 12.7 Å². The number of aromatic amines is 1. The lowest BCUT2D eigenvalue weighted by Crippen LogP contribution is -2.07. The van der Waals surface area contributed by atoms with Crippen molar-refractivity contribution < 1.29 is 0 Å². The third kappa shape index (κ3) is 1.83. The van der Waals surface area contributed by atoms with Crippen LogP contribution in [0.1, 0.15) is 5.69 Å². The Morgan fingerprint density at radius 2 is 2.50 bits per heavy atom. The fourth-order valence-electron chi connectivity index (χ4n) is 0.637. The largest absolute Gasteiger partial charge is 0.369 e. The molecule has 0 aliphatic heterocycles. The lowest BCUT2D eigenvalue weighted by Gasteiger charge is -2.00. The molecule has 1 heterocycles. The smallest absolute Gasteiger partial charge is 0.189 e. The third-order valence-corrected chi connectivity index (χ3v) is 1.14. The van der Waals surface area contributed by atoms with Crippen molar-refractivity contribution in [2.45, 2.75) is 0 Å².